The van der Waals surface area contributed by atoms with Crippen LogP contribution < -0.4 is 5.56 Å². The van der Waals surface area contributed by atoms with Gasteiger partial charge in [-0.1, -0.05) is 17.7 Å². The molecule has 1 heterocycles. The van der Waals surface area contributed by atoms with E-state index in [0.29, 0.717) is 16.8 Å². The van der Waals surface area contributed by atoms with Gasteiger partial charge < -0.3 is 0 Å². The van der Waals surface area contributed by atoms with Crippen LogP contribution >= 0.6 is 11.6 Å². The second-order valence-electron chi connectivity index (χ2n) is 4.96. The lowest BCUT2D eigenvalue weighted by Gasteiger charge is -2.09. The van der Waals surface area contributed by atoms with Crippen molar-refractivity contribution in [3.8, 4) is 11.3 Å². The molecule has 0 saturated heterocycles. The summed E-state index contributed by atoms with van der Waals surface area (Å²) in [7, 11) is 0. The van der Waals surface area contributed by atoms with E-state index in [0.717, 1.165) is 0 Å². The molecule has 0 unspecified atom stereocenters. The van der Waals surface area contributed by atoms with Crippen LogP contribution in [-0.4, -0.2) is 9.78 Å². The van der Waals surface area contributed by atoms with Crippen molar-refractivity contribution < 1.29 is 8.78 Å². The van der Waals surface area contributed by atoms with Crippen molar-refractivity contribution in [1.29, 1.82) is 0 Å². The maximum Gasteiger partial charge on any atom is 0.267 e. The normalized spacial score (nSPS) is 10.7. The van der Waals surface area contributed by atoms with Gasteiger partial charge in [-0.2, -0.15) is 5.10 Å². The molecule has 3 nitrogen and oxygen atoms in total. The maximum absolute atomic E-state index is 13.1. The largest absolute Gasteiger partial charge is 0.268 e. The van der Waals surface area contributed by atoms with E-state index in [1.807, 2.05) is 0 Å². The number of halogens is 3. The van der Waals surface area contributed by atoms with Crippen molar-refractivity contribution in [2.75, 3.05) is 0 Å². The van der Waals surface area contributed by atoms with Crippen molar-refractivity contribution in [1.82, 2.24) is 9.78 Å². The standard InChI is InChI=1S/C17H11ClF2N2O/c18-15-9-14(20)6-3-12(15)10-22-17(23)8-7-16(21-22)11-1-4-13(19)5-2-11/h1-9H,10H2. The average molecular weight is 333 g/mol. The van der Waals surface area contributed by atoms with Crippen LogP contribution in [0.15, 0.2) is 59.4 Å². The molecule has 6 heteroatoms. The van der Waals surface area contributed by atoms with Gasteiger partial charge in [-0.05, 0) is 48.0 Å². The van der Waals surface area contributed by atoms with E-state index >= 15 is 0 Å². The fraction of sp³-hybridized carbons (Fsp3) is 0.0588. The highest BCUT2D eigenvalue weighted by molar-refractivity contribution is 6.31. The van der Waals surface area contributed by atoms with Crippen LogP contribution in [0.25, 0.3) is 11.3 Å². The summed E-state index contributed by atoms with van der Waals surface area (Å²) < 4.78 is 27.3. The molecule has 23 heavy (non-hydrogen) atoms. The Morgan fingerprint density at radius 3 is 2.35 bits per heavy atom. The highest BCUT2D eigenvalue weighted by Gasteiger charge is 2.07. The number of benzene rings is 2. The minimum Gasteiger partial charge on any atom is -0.268 e. The predicted octanol–water partition coefficient (Wildman–Crippen LogP) is 3.89. The van der Waals surface area contributed by atoms with Crippen LogP contribution in [0.4, 0.5) is 8.78 Å². The lowest BCUT2D eigenvalue weighted by Crippen LogP contribution is -2.23. The zero-order chi connectivity index (χ0) is 16.4. The summed E-state index contributed by atoms with van der Waals surface area (Å²) in [5, 5.41) is 4.49. The highest BCUT2D eigenvalue weighted by atomic mass is 35.5. The van der Waals surface area contributed by atoms with Gasteiger partial charge in [0.25, 0.3) is 5.56 Å². The third kappa shape index (κ3) is 3.46. The Bertz CT molecular complexity index is 907. The second kappa shape index (κ2) is 6.30. The van der Waals surface area contributed by atoms with E-state index in [1.165, 1.54) is 41.1 Å². The number of nitrogens with zero attached hydrogens (tertiary/aromatic N) is 2. The van der Waals surface area contributed by atoms with Gasteiger partial charge in [-0.25, -0.2) is 13.5 Å². The van der Waals surface area contributed by atoms with Gasteiger partial charge in [0.2, 0.25) is 0 Å². The quantitative estimate of drug-likeness (QED) is 0.729. The summed E-state index contributed by atoms with van der Waals surface area (Å²) in [6, 6.07) is 12.7. The third-order valence-electron chi connectivity index (χ3n) is 3.34. The van der Waals surface area contributed by atoms with E-state index in [4.69, 9.17) is 11.6 Å². The molecule has 0 fully saturated rings. The molecule has 3 aromatic rings. The molecule has 0 aliphatic carbocycles. The Hall–Kier alpha value is -2.53. The average Bonchev–Trinajstić information content (AvgIpc) is 2.53. The molecule has 1 aromatic heterocycles. The first-order chi connectivity index (χ1) is 11.0. The SMILES string of the molecule is O=c1ccc(-c2ccc(F)cc2)nn1Cc1ccc(F)cc1Cl. The maximum atomic E-state index is 13.1. The molecule has 0 spiro atoms. The van der Waals surface area contributed by atoms with E-state index in [2.05, 4.69) is 5.10 Å². The van der Waals surface area contributed by atoms with Crippen molar-refractivity contribution in [3.63, 3.8) is 0 Å². The smallest absolute Gasteiger partial charge is 0.267 e. The summed E-state index contributed by atoms with van der Waals surface area (Å²) >= 11 is 5.98. The lowest BCUT2D eigenvalue weighted by atomic mass is 10.1. The van der Waals surface area contributed by atoms with Crippen LogP contribution in [0.3, 0.4) is 0 Å². The summed E-state index contributed by atoms with van der Waals surface area (Å²) in [5.74, 6) is -0.792. The van der Waals surface area contributed by atoms with Gasteiger partial charge in [0, 0.05) is 16.7 Å². The molecule has 0 atom stereocenters. The molecule has 0 N–H and O–H groups in total. The van der Waals surface area contributed by atoms with Crippen molar-refractivity contribution in [2.24, 2.45) is 0 Å². The summed E-state index contributed by atoms with van der Waals surface area (Å²) in [4.78, 5) is 12.0. The van der Waals surface area contributed by atoms with Gasteiger partial charge in [0.15, 0.2) is 0 Å². The molecule has 0 radical (unpaired) electrons. The number of hydrogen-bond acceptors (Lipinski definition) is 2. The van der Waals surface area contributed by atoms with Crippen LogP contribution in [0, 0.1) is 11.6 Å². The first kappa shape index (κ1) is 15.4. The molecular formula is C17H11ClF2N2O. The molecule has 116 valence electrons. The Morgan fingerprint density at radius 1 is 0.957 bits per heavy atom. The van der Waals surface area contributed by atoms with Crippen molar-refractivity contribution >= 4 is 11.6 Å². The van der Waals surface area contributed by atoms with Gasteiger partial charge in [-0.15, -0.1) is 0 Å². The van der Waals surface area contributed by atoms with E-state index in [9.17, 15) is 13.6 Å². The van der Waals surface area contributed by atoms with E-state index in [-0.39, 0.29) is 22.9 Å². The highest BCUT2D eigenvalue weighted by Crippen LogP contribution is 2.19. The Labute approximate surface area is 135 Å². The van der Waals surface area contributed by atoms with Crippen LogP contribution in [0.1, 0.15) is 5.56 Å². The van der Waals surface area contributed by atoms with Gasteiger partial charge in [0.05, 0.1) is 12.2 Å². The summed E-state index contributed by atoms with van der Waals surface area (Å²) in [6.45, 7) is 0.118. The van der Waals surface area contributed by atoms with E-state index < -0.39 is 5.82 Å². The predicted molar refractivity (Wildman–Crippen MR) is 84.4 cm³/mol. The summed E-state index contributed by atoms with van der Waals surface area (Å²) in [6.07, 6.45) is 0. The number of aromatic nitrogens is 2. The van der Waals surface area contributed by atoms with Gasteiger partial charge in [0.1, 0.15) is 11.6 Å². The minimum absolute atomic E-state index is 0.118. The molecule has 0 amide bonds. The monoisotopic (exact) mass is 332 g/mol. The van der Waals surface area contributed by atoms with E-state index in [1.54, 1.807) is 18.2 Å². The molecule has 3 rings (SSSR count). The van der Waals surface area contributed by atoms with Crippen LogP contribution in [0.2, 0.25) is 5.02 Å². The minimum atomic E-state index is -0.445. The second-order valence-corrected chi connectivity index (χ2v) is 5.36. The Kier molecular flexibility index (Phi) is 4.21. The first-order valence-electron chi connectivity index (χ1n) is 6.81. The van der Waals surface area contributed by atoms with Crippen molar-refractivity contribution in [2.45, 2.75) is 6.54 Å². The molecule has 2 aromatic carbocycles. The lowest BCUT2D eigenvalue weighted by molar-refractivity contribution is 0.619. The molecule has 0 saturated carbocycles. The van der Waals surface area contributed by atoms with Crippen molar-refractivity contribution in [3.05, 3.63) is 87.2 Å². The zero-order valence-corrected chi connectivity index (χ0v) is 12.6. The summed E-state index contributed by atoms with van der Waals surface area (Å²) in [5.41, 5.74) is 1.49. The number of hydrogen-bond donors (Lipinski definition) is 0. The Morgan fingerprint density at radius 2 is 1.65 bits per heavy atom. The molecule has 0 bridgehead atoms. The van der Waals surface area contributed by atoms with Gasteiger partial charge in [-0.3, -0.25) is 4.79 Å². The Balaban J connectivity index is 1.97. The first-order valence-corrected chi connectivity index (χ1v) is 7.19. The van der Waals surface area contributed by atoms with Crippen LogP contribution in [0.5, 0.6) is 0 Å². The fourth-order valence-corrected chi connectivity index (χ4v) is 2.38. The zero-order valence-electron chi connectivity index (χ0n) is 11.8. The molecule has 0 aliphatic rings. The number of rotatable bonds is 3. The van der Waals surface area contributed by atoms with Gasteiger partial charge >= 0.3 is 0 Å². The third-order valence-corrected chi connectivity index (χ3v) is 3.69. The topological polar surface area (TPSA) is 34.9 Å². The van der Waals surface area contributed by atoms with Crippen LogP contribution in [-0.2, 0) is 6.54 Å². The molecular weight excluding hydrogens is 322 g/mol. The molecule has 0 aliphatic heterocycles. The fourth-order valence-electron chi connectivity index (χ4n) is 2.15.